The number of hydrogen-bond donors (Lipinski definition) is 0. The van der Waals surface area contributed by atoms with Gasteiger partial charge in [-0.1, -0.05) is 25.1 Å². The number of carbonyl (C=O) groups is 1. The Morgan fingerprint density at radius 3 is 2.74 bits per heavy atom. The predicted octanol–water partition coefficient (Wildman–Crippen LogP) is 3.07. The molecule has 0 aliphatic carbocycles. The summed E-state index contributed by atoms with van der Waals surface area (Å²) in [6, 6.07) is 9.28. The van der Waals surface area contributed by atoms with Crippen LogP contribution >= 0.6 is 11.3 Å². The van der Waals surface area contributed by atoms with Crippen molar-refractivity contribution in [2.45, 2.75) is 51.7 Å². The highest BCUT2D eigenvalue weighted by Crippen LogP contribution is 2.22. The summed E-state index contributed by atoms with van der Waals surface area (Å²) in [5.41, 5.74) is 0.448. The molecule has 1 aromatic carbocycles. The van der Waals surface area contributed by atoms with Gasteiger partial charge < -0.3 is 9.64 Å². The molecule has 1 fully saturated rings. The Labute approximate surface area is 184 Å². The normalized spacial score (nSPS) is 16.6. The lowest BCUT2D eigenvalue weighted by Gasteiger charge is -2.35. The molecule has 7 nitrogen and oxygen atoms in total. The number of methoxy groups -OCH3 is 1. The van der Waals surface area contributed by atoms with Gasteiger partial charge in [0.1, 0.15) is 17.0 Å². The number of fused-ring (bicyclic) bond motifs is 1. The molecule has 3 heterocycles. The van der Waals surface area contributed by atoms with Gasteiger partial charge in [-0.05, 0) is 43.2 Å². The summed E-state index contributed by atoms with van der Waals surface area (Å²) in [4.78, 5) is 41.5. The highest BCUT2D eigenvalue weighted by atomic mass is 32.1. The van der Waals surface area contributed by atoms with Crippen LogP contribution in [-0.2, 0) is 17.9 Å². The van der Waals surface area contributed by atoms with Crippen LogP contribution in [0.25, 0.3) is 10.2 Å². The van der Waals surface area contributed by atoms with E-state index in [2.05, 4.69) is 6.92 Å². The lowest BCUT2D eigenvalue weighted by atomic mass is 10.00. The quantitative estimate of drug-likeness (QED) is 0.589. The third kappa shape index (κ3) is 4.04. The van der Waals surface area contributed by atoms with E-state index in [9.17, 15) is 14.4 Å². The molecule has 1 aliphatic heterocycles. The van der Waals surface area contributed by atoms with Crippen molar-refractivity contribution in [3.05, 3.63) is 62.1 Å². The largest absolute Gasteiger partial charge is 0.496 e. The summed E-state index contributed by atoms with van der Waals surface area (Å²) < 4.78 is 8.52. The maximum Gasteiger partial charge on any atom is 0.332 e. The number of thiophene rings is 1. The molecule has 0 radical (unpaired) electrons. The number of para-hydroxylation sites is 1. The van der Waals surface area contributed by atoms with Crippen LogP contribution in [0.3, 0.4) is 0 Å². The Bertz CT molecular complexity index is 1210. The minimum Gasteiger partial charge on any atom is -0.496 e. The second kappa shape index (κ2) is 9.09. The zero-order valence-electron chi connectivity index (χ0n) is 17.9. The van der Waals surface area contributed by atoms with E-state index >= 15 is 0 Å². The fraction of sp³-hybridized carbons (Fsp3) is 0.435. The zero-order valence-corrected chi connectivity index (χ0v) is 18.7. The lowest BCUT2D eigenvalue weighted by molar-refractivity contribution is -0.135. The highest BCUT2D eigenvalue weighted by Gasteiger charge is 2.26. The summed E-state index contributed by atoms with van der Waals surface area (Å²) in [5.74, 6) is 0.547. The fourth-order valence-electron chi connectivity index (χ4n) is 4.41. The molecular weight excluding hydrogens is 414 g/mol. The Morgan fingerprint density at radius 1 is 1.16 bits per heavy atom. The Balaban J connectivity index is 1.76. The van der Waals surface area contributed by atoms with Crippen LogP contribution < -0.4 is 16.0 Å². The molecule has 1 aliphatic rings. The van der Waals surface area contributed by atoms with Gasteiger partial charge in [-0.3, -0.25) is 18.7 Å². The molecular formula is C23H27N3O4S. The van der Waals surface area contributed by atoms with Gasteiger partial charge in [0.25, 0.3) is 5.56 Å². The molecule has 164 valence electrons. The van der Waals surface area contributed by atoms with E-state index in [0.717, 1.165) is 37.8 Å². The molecule has 0 unspecified atom stereocenters. The Hall–Kier alpha value is -2.87. The van der Waals surface area contributed by atoms with Crippen molar-refractivity contribution in [3.8, 4) is 5.75 Å². The number of hydrogen-bond acceptors (Lipinski definition) is 5. The molecule has 31 heavy (non-hydrogen) atoms. The molecule has 4 rings (SSSR count). The van der Waals surface area contributed by atoms with Crippen LogP contribution in [0, 0.1) is 0 Å². The monoisotopic (exact) mass is 441 g/mol. The number of aromatic nitrogens is 2. The van der Waals surface area contributed by atoms with Gasteiger partial charge in [0.05, 0.1) is 19.2 Å². The van der Waals surface area contributed by atoms with Gasteiger partial charge in [-0.25, -0.2) is 4.79 Å². The summed E-state index contributed by atoms with van der Waals surface area (Å²) >= 11 is 1.29. The topological polar surface area (TPSA) is 73.5 Å². The number of piperidine rings is 1. The molecule has 3 aromatic rings. The second-order valence-electron chi connectivity index (χ2n) is 7.85. The molecule has 0 N–H and O–H groups in total. The maximum absolute atomic E-state index is 13.4. The van der Waals surface area contributed by atoms with E-state index in [1.54, 1.807) is 24.6 Å². The minimum absolute atomic E-state index is 0.0607. The van der Waals surface area contributed by atoms with Gasteiger partial charge >= 0.3 is 5.69 Å². The van der Waals surface area contributed by atoms with Gasteiger partial charge in [-0.2, -0.15) is 0 Å². The van der Waals surface area contributed by atoms with Crippen molar-refractivity contribution in [1.29, 1.82) is 0 Å². The fourth-order valence-corrected chi connectivity index (χ4v) is 5.25. The third-order valence-electron chi connectivity index (χ3n) is 6.07. The number of carbonyl (C=O) groups excluding carboxylic acids is 1. The van der Waals surface area contributed by atoms with E-state index < -0.39 is 5.69 Å². The molecule has 0 saturated carbocycles. The smallest absolute Gasteiger partial charge is 0.332 e. The van der Waals surface area contributed by atoms with E-state index in [-0.39, 0.29) is 30.6 Å². The number of likely N-dealkylation sites (tertiary alicyclic amines) is 1. The Morgan fingerprint density at radius 2 is 1.97 bits per heavy atom. The maximum atomic E-state index is 13.4. The summed E-state index contributed by atoms with van der Waals surface area (Å²) in [7, 11) is 1.56. The SMILES string of the molecule is CC[C@@H]1CCCCN1C(=O)Cn1c(=O)n(Cc2ccccc2OC)c(=O)c2sccc21. The first-order valence-corrected chi connectivity index (χ1v) is 11.5. The van der Waals surface area contributed by atoms with Crippen molar-refractivity contribution in [1.82, 2.24) is 14.0 Å². The van der Waals surface area contributed by atoms with Crippen LogP contribution in [0.1, 0.15) is 38.2 Å². The Kier molecular flexibility index (Phi) is 6.27. The first kappa shape index (κ1) is 21.4. The predicted molar refractivity (Wildman–Crippen MR) is 122 cm³/mol. The van der Waals surface area contributed by atoms with Crippen molar-refractivity contribution in [3.63, 3.8) is 0 Å². The van der Waals surface area contributed by atoms with Crippen LogP contribution in [0.5, 0.6) is 5.75 Å². The first-order chi connectivity index (χ1) is 15.0. The zero-order chi connectivity index (χ0) is 22.0. The lowest BCUT2D eigenvalue weighted by Crippen LogP contribution is -2.47. The summed E-state index contributed by atoms with van der Waals surface area (Å²) in [5, 5.41) is 1.79. The van der Waals surface area contributed by atoms with Crippen LogP contribution in [0.4, 0.5) is 0 Å². The molecule has 0 bridgehead atoms. The van der Waals surface area contributed by atoms with Crippen LogP contribution in [0.2, 0.25) is 0 Å². The number of amides is 1. The molecule has 8 heteroatoms. The van der Waals surface area contributed by atoms with E-state index in [1.807, 2.05) is 23.1 Å². The first-order valence-electron chi connectivity index (χ1n) is 10.7. The summed E-state index contributed by atoms with van der Waals surface area (Å²) in [6.07, 6.45) is 4.01. The molecule has 1 amide bonds. The van der Waals surface area contributed by atoms with E-state index in [4.69, 9.17) is 4.74 Å². The molecule has 0 spiro atoms. The molecule has 1 saturated heterocycles. The van der Waals surface area contributed by atoms with Gasteiger partial charge in [0.2, 0.25) is 5.91 Å². The minimum atomic E-state index is -0.472. The number of ether oxygens (including phenoxy) is 1. The van der Waals surface area contributed by atoms with E-state index in [0.29, 0.717) is 16.0 Å². The van der Waals surface area contributed by atoms with Gasteiger partial charge in [-0.15, -0.1) is 11.3 Å². The highest BCUT2D eigenvalue weighted by molar-refractivity contribution is 7.17. The second-order valence-corrected chi connectivity index (χ2v) is 8.77. The van der Waals surface area contributed by atoms with Crippen LogP contribution in [0.15, 0.2) is 45.3 Å². The third-order valence-corrected chi connectivity index (χ3v) is 6.96. The van der Waals surface area contributed by atoms with Gasteiger partial charge in [0, 0.05) is 18.2 Å². The summed E-state index contributed by atoms with van der Waals surface area (Å²) in [6.45, 7) is 2.84. The molecule has 2 aromatic heterocycles. The average molecular weight is 442 g/mol. The number of benzene rings is 1. The van der Waals surface area contributed by atoms with Gasteiger partial charge in [0.15, 0.2) is 0 Å². The van der Waals surface area contributed by atoms with Crippen molar-refractivity contribution >= 4 is 27.5 Å². The number of nitrogens with zero attached hydrogens (tertiary/aromatic N) is 3. The number of rotatable bonds is 6. The van der Waals surface area contributed by atoms with Crippen LogP contribution in [-0.4, -0.2) is 39.6 Å². The van der Waals surface area contributed by atoms with Crippen molar-refractivity contribution in [2.75, 3.05) is 13.7 Å². The van der Waals surface area contributed by atoms with Crippen molar-refractivity contribution < 1.29 is 9.53 Å². The average Bonchev–Trinajstić information content (AvgIpc) is 3.29. The van der Waals surface area contributed by atoms with Crippen molar-refractivity contribution in [2.24, 2.45) is 0 Å². The standard InChI is InChI=1S/C23H27N3O4S/c1-3-17-9-6-7-12-24(17)20(27)15-25-18-11-13-31-21(18)22(28)26(23(25)29)14-16-8-4-5-10-19(16)30-2/h4-5,8,10-11,13,17H,3,6-7,9,12,14-15H2,1-2H3/t17-/m1/s1. The van der Waals surface area contributed by atoms with E-state index in [1.165, 1.54) is 20.5 Å². The molecule has 1 atom stereocenters.